The molecular weight excluding hydrogens is 298 g/mol. The number of hydroxylamine groups is 1. The Hall–Kier alpha value is -1.84. The monoisotopic (exact) mass is 315 g/mol. The minimum Gasteiger partial charge on any atom is -0.497 e. The van der Waals surface area contributed by atoms with E-state index in [9.17, 15) is 13.2 Å². The van der Waals surface area contributed by atoms with E-state index in [0.717, 1.165) is 4.31 Å². The van der Waals surface area contributed by atoms with Crippen molar-refractivity contribution in [3.05, 3.63) is 18.2 Å². The zero-order chi connectivity index (χ0) is 15.6. The lowest BCUT2D eigenvalue weighted by Gasteiger charge is -2.24. The van der Waals surface area contributed by atoms with Crippen molar-refractivity contribution in [2.24, 2.45) is 0 Å². The summed E-state index contributed by atoms with van der Waals surface area (Å²) in [6.07, 6.45) is 0. The van der Waals surface area contributed by atoms with Crippen molar-refractivity contribution >= 4 is 21.6 Å². The van der Waals surface area contributed by atoms with E-state index in [1.807, 2.05) is 0 Å². The van der Waals surface area contributed by atoms with E-state index < -0.39 is 22.0 Å². The lowest BCUT2D eigenvalue weighted by molar-refractivity contribution is -0.132. The van der Waals surface area contributed by atoms with E-state index >= 15 is 0 Å². The average molecular weight is 315 g/mol. The molecule has 0 aromatic heterocycles. The number of hydrogen-bond donors (Lipinski definition) is 3. The Morgan fingerprint density at radius 3 is 2.86 bits per heavy atom. The van der Waals surface area contributed by atoms with Crippen LogP contribution in [-0.2, 0) is 14.8 Å². The number of fused-ring (bicyclic) bond motifs is 1. The second-order valence-electron chi connectivity index (χ2n) is 4.56. The van der Waals surface area contributed by atoms with Crippen LogP contribution in [0.15, 0.2) is 23.1 Å². The number of methoxy groups -OCH3 is 1. The highest BCUT2D eigenvalue weighted by Crippen LogP contribution is 2.31. The van der Waals surface area contributed by atoms with Gasteiger partial charge in [0.2, 0.25) is 10.0 Å². The number of hydrogen-bond acceptors (Lipinski definition) is 6. The highest BCUT2D eigenvalue weighted by Gasteiger charge is 2.36. The molecule has 0 unspecified atom stereocenters. The zero-order valence-electron chi connectivity index (χ0n) is 11.7. The molecule has 21 heavy (non-hydrogen) atoms. The van der Waals surface area contributed by atoms with E-state index in [4.69, 9.17) is 9.94 Å². The van der Waals surface area contributed by atoms with Crippen LogP contribution in [-0.4, -0.2) is 50.1 Å². The van der Waals surface area contributed by atoms with Crippen molar-refractivity contribution in [3.63, 3.8) is 0 Å². The second kappa shape index (κ2) is 5.88. The Kier molecular flexibility index (Phi) is 4.35. The van der Waals surface area contributed by atoms with Crippen LogP contribution in [0.5, 0.6) is 5.75 Å². The Labute approximate surface area is 122 Å². The van der Waals surface area contributed by atoms with Gasteiger partial charge >= 0.3 is 0 Å². The Morgan fingerprint density at radius 1 is 1.52 bits per heavy atom. The molecule has 1 aromatic rings. The molecule has 0 saturated carbocycles. The standard InChI is InChI=1S/C12H17N3O5S/c1-8(12(16)14-17)15-6-5-13-10-7-9(20-2)3-4-11(10)21(15,18)19/h3-4,7-8,13,17H,5-6H2,1-2H3,(H,14,16)/t8-/m1/s1. The number of benzene rings is 1. The molecule has 8 nitrogen and oxygen atoms in total. The van der Waals surface area contributed by atoms with Crippen LogP contribution in [0.4, 0.5) is 5.69 Å². The molecule has 1 aliphatic heterocycles. The van der Waals surface area contributed by atoms with Gasteiger partial charge < -0.3 is 10.1 Å². The molecule has 0 aliphatic carbocycles. The number of carbonyl (C=O) groups excluding carboxylic acids is 1. The van der Waals surface area contributed by atoms with E-state index in [-0.39, 0.29) is 11.4 Å². The van der Waals surface area contributed by atoms with Crippen LogP contribution in [0.1, 0.15) is 6.92 Å². The number of nitrogens with one attached hydrogen (secondary N) is 2. The minimum atomic E-state index is -3.86. The van der Waals surface area contributed by atoms with Crippen molar-refractivity contribution < 1.29 is 23.2 Å². The van der Waals surface area contributed by atoms with Gasteiger partial charge in [-0.15, -0.1) is 0 Å². The number of carbonyl (C=O) groups is 1. The quantitative estimate of drug-likeness (QED) is 0.535. The fraction of sp³-hybridized carbons (Fsp3) is 0.417. The SMILES string of the molecule is COc1ccc2c(c1)NCCN([C@H](C)C(=O)NO)S2(=O)=O. The highest BCUT2D eigenvalue weighted by atomic mass is 32.2. The second-order valence-corrected chi connectivity index (χ2v) is 6.42. The third kappa shape index (κ3) is 2.80. The molecule has 0 spiro atoms. The van der Waals surface area contributed by atoms with E-state index in [1.54, 1.807) is 12.1 Å². The average Bonchev–Trinajstić information content (AvgIpc) is 2.61. The lowest BCUT2D eigenvalue weighted by Crippen LogP contribution is -2.47. The first-order chi connectivity index (χ1) is 9.91. The molecule has 1 atom stereocenters. The first-order valence-electron chi connectivity index (χ1n) is 6.29. The van der Waals surface area contributed by atoms with Crippen molar-refractivity contribution in [2.45, 2.75) is 17.9 Å². The molecule has 1 aliphatic rings. The van der Waals surface area contributed by atoms with Gasteiger partial charge in [-0.25, -0.2) is 13.9 Å². The summed E-state index contributed by atoms with van der Waals surface area (Å²) in [5, 5.41) is 11.7. The maximum Gasteiger partial charge on any atom is 0.261 e. The fourth-order valence-electron chi connectivity index (χ4n) is 2.17. The fourth-order valence-corrected chi connectivity index (χ4v) is 3.92. The lowest BCUT2D eigenvalue weighted by atomic mass is 10.3. The molecule has 0 fully saturated rings. The van der Waals surface area contributed by atoms with Crippen molar-refractivity contribution in [1.82, 2.24) is 9.79 Å². The van der Waals surface area contributed by atoms with Gasteiger partial charge in [0.05, 0.1) is 12.8 Å². The summed E-state index contributed by atoms with van der Waals surface area (Å²) < 4.78 is 31.5. The maximum atomic E-state index is 12.7. The summed E-state index contributed by atoms with van der Waals surface area (Å²) in [5.74, 6) is -0.249. The van der Waals surface area contributed by atoms with Crippen LogP contribution in [0, 0.1) is 0 Å². The van der Waals surface area contributed by atoms with Crippen LogP contribution >= 0.6 is 0 Å². The predicted octanol–water partition coefficient (Wildman–Crippen LogP) is 0.00530. The van der Waals surface area contributed by atoms with Crippen LogP contribution in [0.3, 0.4) is 0 Å². The van der Waals surface area contributed by atoms with Gasteiger partial charge in [0.25, 0.3) is 5.91 Å². The molecule has 116 valence electrons. The van der Waals surface area contributed by atoms with Crippen LogP contribution in [0.25, 0.3) is 0 Å². The molecule has 0 bridgehead atoms. The largest absolute Gasteiger partial charge is 0.497 e. The number of amides is 1. The van der Waals surface area contributed by atoms with Gasteiger partial charge in [-0.3, -0.25) is 10.0 Å². The Balaban J connectivity index is 2.48. The third-order valence-corrected chi connectivity index (χ3v) is 5.37. The number of anilines is 1. The summed E-state index contributed by atoms with van der Waals surface area (Å²) in [6, 6.07) is 3.54. The number of rotatable bonds is 3. The zero-order valence-corrected chi connectivity index (χ0v) is 12.5. The van der Waals surface area contributed by atoms with Gasteiger partial charge in [-0.1, -0.05) is 0 Å². The smallest absolute Gasteiger partial charge is 0.261 e. The maximum absolute atomic E-state index is 12.7. The summed E-state index contributed by atoms with van der Waals surface area (Å²) in [4.78, 5) is 11.6. The van der Waals surface area contributed by atoms with Gasteiger partial charge in [0, 0.05) is 19.2 Å². The number of sulfonamides is 1. The highest BCUT2D eigenvalue weighted by molar-refractivity contribution is 7.89. The number of nitrogens with zero attached hydrogens (tertiary/aromatic N) is 1. The Morgan fingerprint density at radius 2 is 2.24 bits per heavy atom. The summed E-state index contributed by atoms with van der Waals surface area (Å²) >= 11 is 0. The molecule has 9 heteroatoms. The van der Waals surface area contributed by atoms with E-state index in [2.05, 4.69) is 5.32 Å². The molecule has 0 saturated heterocycles. The molecule has 1 aromatic carbocycles. The van der Waals surface area contributed by atoms with Crippen molar-refractivity contribution in [2.75, 3.05) is 25.5 Å². The van der Waals surface area contributed by atoms with Gasteiger partial charge in [0.15, 0.2) is 0 Å². The van der Waals surface area contributed by atoms with Crippen LogP contribution < -0.4 is 15.5 Å². The molecule has 0 radical (unpaired) electrons. The first kappa shape index (κ1) is 15.5. The first-order valence-corrected chi connectivity index (χ1v) is 7.73. The minimum absolute atomic E-state index is 0.0680. The predicted molar refractivity (Wildman–Crippen MR) is 74.8 cm³/mol. The van der Waals surface area contributed by atoms with E-state index in [0.29, 0.717) is 18.0 Å². The molecule has 1 amide bonds. The van der Waals surface area contributed by atoms with Gasteiger partial charge in [0.1, 0.15) is 16.7 Å². The van der Waals surface area contributed by atoms with Gasteiger partial charge in [-0.2, -0.15) is 4.31 Å². The molecule has 2 rings (SSSR count). The normalized spacial score (nSPS) is 18.8. The molecule has 1 heterocycles. The molecule has 3 N–H and O–H groups in total. The van der Waals surface area contributed by atoms with Gasteiger partial charge in [-0.05, 0) is 19.1 Å². The van der Waals surface area contributed by atoms with Crippen LogP contribution in [0.2, 0.25) is 0 Å². The van der Waals surface area contributed by atoms with E-state index in [1.165, 1.54) is 25.6 Å². The molecular formula is C12H17N3O5S. The Bertz CT molecular complexity index is 646. The van der Waals surface area contributed by atoms with Crippen molar-refractivity contribution in [1.29, 1.82) is 0 Å². The topological polar surface area (TPSA) is 108 Å². The third-order valence-electron chi connectivity index (χ3n) is 3.34. The number of ether oxygens (including phenoxy) is 1. The van der Waals surface area contributed by atoms with Crippen molar-refractivity contribution in [3.8, 4) is 5.75 Å². The summed E-state index contributed by atoms with van der Waals surface area (Å²) in [6.45, 7) is 1.86. The summed E-state index contributed by atoms with van der Waals surface area (Å²) in [7, 11) is -2.36. The summed E-state index contributed by atoms with van der Waals surface area (Å²) in [5.41, 5.74) is 1.90.